The molecule has 17 heavy (non-hydrogen) atoms. The van der Waals surface area contributed by atoms with E-state index in [2.05, 4.69) is 22.2 Å². The number of piperazine rings is 1. The van der Waals surface area contributed by atoms with E-state index in [1.807, 2.05) is 0 Å². The lowest BCUT2D eigenvalue weighted by Crippen LogP contribution is -2.63. The number of aliphatic hydroxyl groups is 1. The first-order valence-corrected chi connectivity index (χ1v) is 7.04. The van der Waals surface area contributed by atoms with Crippen LogP contribution in [-0.2, 0) is 0 Å². The third-order valence-corrected chi connectivity index (χ3v) is 5.30. The first-order valence-electron chi connectivity index (χ1n) is 7.04. The van der Waals surface area contributed by atoms with Crippen molar-refractivity contribution in [2.45, 2.75) is 43.3 Å². The summed E-state index contributed by atoms with van der Waals surface area (Å²) in [5, 5.41) is 13.4. The molecule has 0 aromatic carbocycles. The number of hydrogen-bond acceptors (Lipinski definition) is 4. The summed E-state index contributed by atoms with van der Waals surface area (Å²) in [4.78, 5) is 5.11. The van der Waals surface area contributed by atoms with Crippen LogP contribution in [0, 0.1) is 0 Å². The molecular weight excluding hydrogens is 214 g/mol. The molecule has 3 rings (SSSR count). The third kappa shape index (κ3) is 1.91. The maximum Gasteiger partial charge on any atom is 0.0616 e. The average molecular weight is 239 g/mol. The van der Waals surface area contributed by atoms with E-state index in [-0.39, 0.29) is 5.54 Å². The van der Waals surface area contributed by atoms with E-state index in [0.29, 0.717) is 18.7 Å². The van der Waals surface area contributed by atoms with Gasteiger partial charge in [0.25, 0.3) is 0 Å². The van der Waals surface area contributed by atoms with Crippen molar-refractivity contribution < 1.29 is 5.11 Å². The Morgan fingerprint density at radius 1 is 1.18 bits per heavy atom. The fourth-order valence-electron chi connectivity index (χ4n) is 4.17. The van der Waals surface area contributed by atoms with Gasteiger partial charge in [0, 0.05) is 43.8 Å². The number of nitrogens with zero attached hydrogens (tertiary/aromatic N) is 2. The second kappa shape index (κ2) is 4.50. The van der Waals surface area contributed by atoms with Crippen molar-refractivity contribution in [2.24, 2.45) is 0 Å². The van der Waals surface area contributed by atoms with E-state index in [4.69, 9.17) is 0 Å². The Bertz CT molecular complexity index is 264. The molecule has 3 heterocycles. The Hall–Kier alpha value is -0.160. The van der Waals surface area contributed by atoms with Gasteiger partial charge in [0.15, 0.2) is 0 Å². The van der Waals surface area contributed by atoms with E-state index in [9.17, 15) is 5.11 Å². The minimum Gasteiger partial charge on any atom is -0.394 e. The summed E-state index contributed by atoms with van der Waals surface area (Å²) in [5.74, 6) is 0. The lowest BCUT2D eigenvalue weighted by Gasteiger charge is -2.51. The van der Waals surface area contributed by atoms with Crippen LogP contribution in [0.15, 0.2) is 0 Å². The van der Waals surface area contributed by atoms with Crippen LogP contribution in [0.4, 0.5) is 0 Å². The van der Waals surface area contributed by atoms with Crippen LogP contribution in [-0.4, -0.2) is 72.4 Å². The number of aliphatic hydroxyl groups excluding tert-OH is 1. The second-order valence-electron chi connectivity index (χ2n) is 6.08. The largest absolute Gasteiger partial charge is 0.394 e. The normalized spacial score (nSPS) is 44.1. The van der Waals surface area contributed by atoms with E-state index >= 15 is 0 Å². The van der Waals surface area contributed by atoms with Gasteiger partial charge in [0.2, 0.25) is 0 Å². The molecule has 4 heteroatoms. The summed E-state index contributed by atoms with van der Waals surface area (Å²) in [6.07, 6.45) is 4.98. The smallest absolute Gasteiger partial charge is 0.0616 e. The number of hydrogen-bond donors (Lipinski definition) is 2. The highest BCUT2D eigenvalue weighted by Gasteiger charge is 2.49. The summed E-state index contributed by atoms with van der Waals surface area (Å²) >= 11 is 0. The lowest BCUT2D eigenvalue weighted by molar-refractivity contribution is -0.0441. The van der Waals surface area contributed by atoms with E-state index in [0.717, 1.165) is 39.0 Å². The van der Waals surface area contributed by atoms with Gasteiger partial charge in [-0.3, -0.25) is 4.90 Å². The molecule has 0 radical (unpaired) electrons. The van der Waals surface area contributed by atoms with Gasteiger partial charge in [0.05, 0.1) is 6.61 Å². The molecule has 3 aliphatic rings. The molecule has 2 atom stereocenters. The molecular formula is C13H25N3O. The minimum atomic E-state index is 0.0838. The van der Waals surface area contributed by atoms with Gasteiger partial charge in [-0.25, -0.2) is 0 Å². The summed E-state index contributed by atoms with van der Waals surface area (Å²) < 4.78 is 0. The van der Waals surface area contributed by atoms with Crippen LogP contribution < -0.4 is 5.32 Å². The Morgan fingerprint density at radius 2 is 1.76 bits per heavy atom. The van der Waals surface area contributed by atoms with Crippen molar-refractivity contribution in [3.05, 3.63) is 0 Å². The molecule has 0 aliphatic carbocycles. The van der Waals surface area contributed by atoms with E-state index in [1.54, 1.807) is 0 Å². The molecule has 98 valence electrons. The predicted octanol–water partition coefficient (Wildman–Crippen LogP) is -0.121. The van der Waals surface area contributed by atoms with Crippen LogP contribution in [0.5, 0.6) is 0 Å². The minimum absolute atomic E-state index is 0.0838. The molecule has 3 fully saturated rings. The Balaban J connectivity index is 1.78. The quantitative estimate of drug-likeness (QED) is 0.705. The topological polar surface area (TPSA) is 38.7 Å². The van der Waals surface area contributed by atoms with Crippen molar-refractivity contribution in [3.8, 4) is 0 Å². The van der Waals surface area contributed by atoms with E-state index < -0.39 is 0 Å². The monoisotopic (exact) mass is 239 g/mol. The molecule has 3 saturated heterocycles. The fraction of sp³-hybridized carbons (Fsp3) is 1.00. The molecule has 2 bridgehead atoms. The maximum atomic E-state index is 9.96. The van der Waals surface area contributed by atoms with Crippen molar-refractivity contribution in [1.29, 1.82) is 0 Å². The molecule has 0 saturated carbocycles. The third-order valence-electron chi connectivity index (χ3n) is 5.30. The lowest BCUT2D eigenvalue weighted by atomic mass is 9.81. The summed E-state index contributed by atoms with van der Waals surface area (Å²) in [7, 11) is 2.27. The molecule has 4 nitrogen and oxygen atoms in total. The van der Waals surface area contributed by atoms with Crippen LogP contribution in [0.25, 0.3) is 0 Å². The molecule has 2 unspecified atom stereocenters. The van der Waals surface area contributed by atoms with E-state index in [1.165, 1.54) is 12.8 Å². The average Bonchev–Trinajstić information content (AvgIpc) is 2.63. The fourth-order valence-corrected chi connectivity index (χ4v) is 4.17. The first kappa shape index (κ1) is 11.9. The van der Waals surface area contributed by atoms with Crippen molar-refractivity contribution >= 4 is 0 Å². The zero-order valence-electron chi connectivity index (χ0n) is 10.9. The molecule has 2 N–H and O–H groups in total. The van der Waals surface area contributed by atoms with Crippen LogP contribution in [0.3, 0.4) is 0 Å². The molecule has 0 aromatic heterocycles. The van der Waals surface area contributed by atoms with Crippen LogP contribution in [0.2, 0.25) is 0 Å². The standard InChI is InChI=1S/C13H25N3O/c1-15-11-2-3-12(15)9-13(8-11,10-17)16-6-4-14-5-7-16/h11-12,14,17H,2-10H2,1H3. The van der Waals surface area contributed by atoms with Gasteiger partial charge >= 0.3 is 0 Å². The Morgan fingerprint density at radius 3 is 2.29 bits per heavy atom. The molecule has 3 aliphatic heterocycles. The maximum absolute atomic E-state index is 9.96. The summed E-state index contributed by atoms with van der Waals surface area (Å²) in [5.41, 5.74) is 0.0838. The highest BCUT2D eigenvalue weighted by molar-refractivity contribution is 5.06. The van der Waals surface area contributed by atoms with Crippen molar-refractivity contribution in [3.63, 3.8) is 0 Å². The number of rotatable bonds is 2. The highest BCUT2D eigenvalue weighted by atomic mass is 16.3. The Kier molecular flexibility index (Phi) is 3.15. The van der Waals surface area contributed by atoms with Crippen LogP contribution in [0.1, 0.15) is 25.7 Å². The zero-order valence-corrected chi connectivity index (χ0v) is 10.9. The van der Waals surface area contributed by atoms with Gasteiger partial charge in [0.1, 0.15) is 0 Å². The van der Waals surface area contributed by atoms with Crippen molar-refractivity contribution in [2.75, 3.05) is 39.8 Å². The second-order valence-corrected chi connectivity index (χ2v) is 6.08. The number of piperidine rings is 1. The first-order chi connectivity index (χ1) is 8.25. The van der Waals surface area contributed by atoms with Crippen LogP contribution >= 0.6 is 0 Å². The predicted molar refractivity (Wildman–Crippen MR) is 68.1 cm³/mol. The molecule has 0 amide bonds. The Labute approximate surface area is 104 Å². The molecule has 0 spiro atoms. The van der Waals surface area contributed by atoms with Gasteiger partial charge in [-0.2, -0.15) is 0 Å². The zero-order chi connectivity index (χ0) is 11.9. The summed E-state index contributed by atoms with van der Waals surface area (Å²) in [6.45, 7) is 4.70. The SMILES string of the molecule is CN1C2CCC1CC(CO)(N1CCNCC1)C2. The van der Waals surface area contributed by atoms with Gasteiger partial charge in [-0.1, -0.05) is 0 Å². The van der Waals surface area contributed by atoms with Crippen molar-refractivity contribution in [1.82, 2.24) is 15.1 Å². The summed E-state index contributed by atoms with van der Waals surface area (Å²) in [6, 6.07) is 1.41. The number of fused-ring (bicyclic) bond motifs is 2. The number of nitrogens with one attached hydrogen (secondary N) is 1. The van der Waals surface area contributed by atoms with Gasteiger partial charge in [-0.15, -0.1) is 0 Å². The van der Waals surface area contributed by atoms with Gasteiger partial charge < -0.3 is 15.3 Å². The van der Waals surface area contributed by atoms with Gasteiger partial charge in [-0.05, 0) is 32.7 Å². The molecule has 0 aromatic rings. The highest BCUT2D eigenvalue weighted by Crippen LogP contribution is 2.42.